The molecular weight excluding hydrogens is 665 g/mol. The average Bonchev–Trinajstić information content (AvgIpc) is 2.60. The van der Waals surface area contributed by atoms with Crippen LogP contribution in [0.5, 0.6) is 0 Å². The molecule has 0 radical (unpaired) electrons. The van der Waals surface area contributed by atoms with E-state index in [-0.39, 0.29) is 51.4 Å². The van der Waals surface area contributed by atoms with Gasteiger partial charge in [0, 0.05) is 0 Å². The molecule has 0 saturated heterocycles. The summed E-state index contributed by atoms with van der Waals surface area (Å²) < 4.78 is 230. The Balaban J connectivity index is -0.0000000637. The van der Waals surface area contributed by atoms with Gasteiger partial charge in [0.1, 0.15) is 0 Å². The third-order valence-corrected chi connectivity index (χ3v) is 2.04. The molecule has 0 saturated carbocycles. The van der Waals surface area contributed by atoms with Gasteiger partial charge in [-0.25, -0.2) is 30.4 Å². The van der Waals surface area contributed by atoms with Gasteiger partial charge in [0.05, 0.1) is 0 Å². The molecule has 232 valence electrons. The molecule has 0 atom stereocenters. The third kappa shape index (κ3) is 70.4. The Morgan fingerprint density at radius 3 is 0.868 bits per heavy atom. The summed E-state index contributed by atoms with van der Waals surface area (Å²) in [6, 6.07) is 0. The zero-order valence-electron chi connectivity index (χ0n) is 17.5. The van der Waals surface area contributed by atoms with Crippen LogP contribution in [0.3, 0.4) is 0 Å². The van der Waals surface area contributed by atoms with Crippen LogP contribution in [0.25, 0.3) is 4.72 Å². The number of hydrogen-bond acceptors (Lipinski definition) is 5. The Morgan fingerprint density at radius 2 is 0.842 bits per heavy atom. The maximum atomic E-state index is 11.2. The van der Waals surface area contributed by atoms with Crippen molar-refractivity contribution < 1.29 is 163 Å². The van der Waals surface area contributed by atoms with Crippen molar-refractivity contribution in [1.82, 2.24) is 0 Å². The fourth-order valence-corrected chi connectivity index (χ4v) is 0.562. The van der Waals surface area contributed by atoms with E-state index in [1.165, 1.54) is 4.72 Å². The fraction of sp³-hybridized carbons (Fsp3) is 0.900. The van der Waals surface area contributed by atoms with Crippen molar-refractivity contribution >= 4 is 16.2 Å². The maximum absolute atomic E-state index is 11.2. The summed E-state index contributed by atoms with van der Waals surface area (Å²) in [5.41, 5.74) is -5.73. The van der Waals surface area contributed by atoms with Crippen LogP contribution in [0.15, 0.2) is 0 Å². The number of nitrogens with zero attached hydrogens (tertiary/aromatic N) is 1. The molecule has 0 aromatic heterocycles. The van der Waals surface area contributed by atoms with E-state index in [4.69, 9.17) is 0 Å². The molecule has 28 heteroatoms. The molecule has 0 spiro atoms. The molecular formula is C10H10F20KNO5S. The van der Waals surface area contributed by atoms with E-state index in [0.717, 1.165) is 0 Å². The summed E-state index contributed by atoms with van der Waals surface area (Å²) >= 11 is 0. The summed E-state index contributed by atoms with van der Waals surface area (Å²) in [4.78, 5) is 13.8. The number of amides is 1. The SMILES string of the molecule is FCC(F)(F)F.FCF.FCF.FOCC(F)(F)F.FOCC(F)(F)F.O=C(F)[N-]S(=O)(=O)C(F)(F)F.[K+]. The molecule has 0 heterocycles. The van der Waals surface area contributed by atoms with Gasteiger partial charge in [-0.05, 0) is 9.05 Å². The molecule has 0 rings (SSSR count). The molecule has 0 fully saturated rings. The molecule has 0 aliphatic rings. The van der Waals surface area contributed by atoms with E-state index in [1.807, 2.05) is 0 Å². The van der Waals surface area contributed by atoms with Crippen molar-refractivity contribution in [2.45, 2.75) is 24.0 Å². The Kier molecular flexibility index (Phi) is 39.8. The van der Waals surface area contributed by atoms with E-state index in [2.05, 4.69) is 9.88 Å². The Labute approximate surface area is 240 Å². The minimum absolute atomic E-state index is 0. The van der Waals surface area contributed by atoms with Gasteiger partial charge in [0.15, 0.2) is 29.9 Å². The van der Waals surface area contributed by atoms with Gasteiger partial charge in [-0.3, -0.25) is 4.79 Å². The van der Waals surface area contributed by atoms with E-state index in [1.54, 1.807) is 0 Å². The number of halogens is 20. The summed E-state index contributed by atoms with van der Waals surface area (Å²) in [5, 5.41) is 0. The minimum Gasteiger partial charge on any atom is -0.509 e. The molecule has 0 unspecified atom stereocenters. The summed E-state index contributed by atoms with van der Waals surface area (Å²) in [7, 11) is -6.00. The average molecular weight is 675 g/mol. The zero-order chi connectivity index (χ0) is 31.7. The summed E-state index contributed by atoms with van der Waals surface area (Å²) in [5.74, 6) is 0. The van der Waals surface area contributed by atoms with Crippen molar-refractivity contribution in [2.75, 3.05) is 33.7 Å². The molecule has 0 aliphatic heterocycles. The van der Waals surface area contributed by atoms with E-state index in [0.29, 0.717) is 0 Å². The van der Waals surface area contributed by atoms with Crippen molar-refractivity contribution in [1.29, 1.82) is 0 Å². The smallest absolute Gasteiger partial charge is 0.509 e. The van der Waals surface area contributed by atoms with Crippen LogP contribution in [0.1, 0.15) is 0 Å². The van der Waals surface area contributed by atoms with Crippen molar-refractivity contribution in [2.24, 2.45) is 0 Å². The second kappa shape index (κ2) is 28.1. The van der Waals surface area contributed by atoms with Crippen molar-refractivity contribution in [3.8, 4) is 0 Å². The van der Waals surface area contributed by atoms with Crippen LogP contribution in [0, 0.1) is 0 Å². The predicted octanol–water partition coefficient (Wildman–Crippen LogP) is 4.49. The van der Waals surface area contributed by atoms with Crippen LogP contribution in [0.4, 0.5) is 92.9 Å². The third-order valence-electron chi connectivity index (χ3n) is 1.07. The largest absolute Gasteiger partial charge is 1.00 e. The van der Waals surface area contributed by atoms with Crippen LogP contribution in [-0.4, -0.2) is 72.4 Å². The van der Waals surface area contributed by atoms with Crippen molar-refractivity contribution in [3.63, 3.8) is 0 Å². The monoisotopic (exact) mass is 675 g/mol. The van der Waals surface area contributed by atoms with E-state index in [9.17, 15) is 101 Å². The van der Waals surface area contributed by atoms with Gasteiger partial charge in [-0.2, -0.15) is 67.0 Å². The first-order valence-electron chi connectivity index (χ1n) is 6.89. The van der Waals surface area contributed by atoms with Gasteiger partial charge in [0.25, 0.3) is 0 Å². The molecule has 0 aromatic rings. The Bertz CT molecular complexity index is 589. The fourth-order valence-electron chi connectivity index (χ4n) is 0.270. The molecule has 1 amide bonds. The number of carbonyl (C=O) groups is 1. The molecule has 0 N–H and O–H groups in total. The molecule has 6 nitrogen and oxygen atoms in total. The molecule has 0 bridgehead atoms. The topological polar surface area (TPSA) is 83.8 Å². The molecule has 38 heavy (non-hydrogen) atoms. The second-order valence-corrected chi connectivity index (χ2v) is 5.55. The van der Waals surface area contributed by atoms with Crippen LogP contribution in [-0.2, 0) is 19.9 Å². The molecule has 0 aliphatic carbocycles. The minimum atomic E-state index is -6.00. The molecule has 0 aromatic carbocycles. The van der Waals surface area contributed by atoms with Gasteiger partial charge in [0.2, 0.25) is 20.0 Å². The van der Waals surface area contributed by atoms with Crippen LogP contribution < -0.4 is 51.4 Å². The van der Waals surface area contributed by atoms with Crippen LogP contribution >= 0.6 is 0 Å². The number of carbonyl (C=O) groups excluding carboxylic acids is 1. The van der Waals surface area contributed by atoms with E-state index < -0.39 is 74.0 Å². The normalized spacial score (nSPS) is 10.9. The number of sulfonamides is 1. The Morgan fingerprint density at radius 1 is 0.632 bits per heavy atom. The number of hydrogen-bond donors (Lipinski definition) is 0. The van der Waals surface area contributed by atoms with Gasteiger partial charge >= 0.3 is 75.4 Å². The second-order valence-electron chi connectivity index (χ2n) is 3.95. The van der Waals surface area contributed by atoms with Gasteiger partial charge in [-0.1, -0.05) is 0 Å². The first-order chi connectivity index (χ1) is 16.2. The quantitative estimate of drug-likeness (QED) is 0.191. The maximum Gasteiger partial charge on any atom is 1.00 e. The number of alkyl halides is 17. The number of rotatable bonds is 3. The van der Waals surface area contributed by atoms with Crippen LogP contribution in [0.2, 0.25) is 0 Å². The summed E-state index contributed by atoms with van der Waals surface area (Å²) in [6.45, 7) is -9.38. The van der Waals surface area contributed by atoms with Crippen molar-refractivity contribution in [3.05, 3.63) is 4.72 Å². The first-order valence-corrected chi connectivity index (χ1v) is 8.33. The van der Waals surface area contributed by atoms with Gasteiger partial charge < -0.3 is 4.72 Å². The van der Waals surface area contributed by atoms with E-state index >= 15 is 0 Å². The summed E-state index contributed by atoms with van der Waals surface area (Å²) in [6.07, 6.45) is -16.6. The first kappa shape index (κ1) is 53.8. The Hall–Kier alpha value is -0.424. The standard InChI is InChI=1S/C2HF4NO3S.2C2H2F4O.C2H2F4.2CH2F2.K/c3-1(8)7-11(9,10)2(4,5)6;2*3-2(4,5)1-7-6;3-1-2(4,5)6;2*2-1-3;/h(H,7,8);2*1H2;1H2;2*1H2;/q;;;;;;+1/p-1. The predicted molar refractivity (Wildman–Crippen MR) is 77.3 cm³/mol. The zero-order valence-corrected chi connectivity index (χ0v) is 21.4. The van der Waals surface area contributed by atoms with Gasteiger partial charge in [-0.15, -0.1) is 0 Å².